The maximum atomic E-state index is 6.10. The van der Waals surface area contributed by atoms with Crippen LogP contribution >= 0.6 is 11.6 Å². The van der Waals surface area contributed by atoms with Gasteiger partial charge in [0, 0.05) is 12.0 Å². The van der Waals surface area contributed by atoms with E-state index in [1.54, 1.807) is 19.4 Å². The molecule has 0 fully saturated rings. The van der Waals surface area contributed by atoms with Gasteiger partial charge in [-0.15, -0.1) is 0 Å². The summed E-state index contributed by atoms with van der Waals surface area (Å²) < 4.78 is 10.6. The summed E-state index contributed by atoms with van der Waals surface area (Å²) in [6.07, 6.45) is 2.33. The molecule has 0 bridgehead atoms. The minimum absolute atomic E-state index is 0.539. The van der Waals surface area contributed by atoms with Crippen LogP contribution in [0.3, 0.4) is 0 Å². The number of methoxy groups -OCH3 is 1. The van der Waals surface area contributed by atoms with Crippen LogP contribution in [-0.2, 0) is 6.42 Å². The average Bonchev–Trinajstić information content (AvgIpc) is 2.80. The largest absolute Gasteiger partial charge is 0.495 e. The zero-order valence-electron chi connectivity index (χ0n) is 10.4. The van der Waals surface area contributed by atoms with Crippen molar-refractivity contribution in [2.75, 3.05) is 13.7 Å². The number of rotatable bonds is 4. The number of hydrogen-bond acceptors (Lipinski definition) is 4. The molecule has 5 heteroatoms. The lowest BCUT2D eigenvalue weighted by atomic mass is 10.1. The molecular weight excluding hydrogens is 252 g/mol. The van der Waals surface area contributed by atoms with Crippen LogP contribution in [0.5, 0.6) is 5.75 Å². The number of nitrogens with two attached hydrogens (primary N) is 1. The Balaban J connectivity index is 2.40. The van der Waals surface area contributed by atoms with E-state index < -0.39 is 0 Å². The monoisotopic (exact) mass is 266 g/mol. The van der Waals surface area contributed by atoms with Crippen LogP contribution in [0.2, 0.25) is 5.02 Å². The van der Waals surface area contributed by atoms with Crippen molar-refractivity contribution in [2.45, 2.75) is 13.3 Å². The second-order valence-electron chi connectivity index (χ2n) is 3.98. The number of aryl methyl sites for hydroxylation is 1. The Morgan fingerprint density at radius 3 is 2.89 bits per heavy atom. The quantitative estimate of drug-likeness (QED) is 0.924. The van der Waals surface area contributed by atoms with E-state index in [1.165, 1.54) is 0 Å². The first-order chi connectivity index (χ1) is 8.65. The zero-order valence-corrected chi connectivity index (χ0v) is 11.1. The molecule has 0 saturated carbocycles. The molecule has 0 atom stereocenters. The zero-order chi connectivity index (χ0) is 13.1. The maximum Gasteiger partial charge on any atom is 0.226 e. The van der Waals surface area contributed by atoms with Crippen molar-refractivity contribution < 1.29 is 9.15 Å². The van der Waals surface area contributed by atoms with E-state index >= 15 is 0 Å². The highest BCUT2D eigenvalue weighted by atomic mass is 35.5. The van der Waals surface area contributed by atoms with Crippen molar-refractivity contribution in [3.8, 4) is 17.2 Å². The smallest absolute Gasteiger partial charge is 0.226 e. The Hall–Kier alpha value is -1.52. The number of halogens is 1. The van der Waals surface area contributed by atoms with Gasteiger partial charge in [-0.1, -0.05) is 11.6 Å². The number of oxazole rings is 1. The molecule has 4 nitrogen and oxygen atoms in total. The molecule has 96 valence electrons. The second-order valence-corrected chi connectivity index (χ2v) is 4.39. The van der Waals surface area contributed by atoms with Gasteiger partial charge in [-0.3, -0.25) is 0 Å². The van der Waals surface area contributed by atoms with Gasteiger partial charge in [-0.05, 0) is 31.2 Å². The summed E-state index contributed by atoms with van der Waals surface area (Å²) in [5.74, 6) is 1.20. The third-order valence-corrected chi connectivity index (χ3v) is 2.98. The average molecular weight is 267 g/mol. The molecule has 2 N–H and O–H groups in total. The van der Waals surface area contributed by atoms with Gasteiger partial charge in [-0.25, -0.2) is 4.98 Å². The fourth-order valence-electron chi connectivity index (χ4n) is 1.74. The molecule has 1 heterocycles. The van der Waals surface area contributed by atoms with E-state index in [0.29, 0.717) is 29.6 Å². The van der Waals surface area contributed by atoms with Gasteiger partial charge in [0.1, 0.15) is 12.0 Å². The van der Waals surface area contributed by atoms with Crippen LogP contribution < -0.4 is 10.5 Å². The summed E-state index contributed by atoms with van der Waals surface area (Å²) in [7, 11) is 1.59. The summed E-state index contributed by atoms with van der Waals surface area (Å²) in [4.78, 5) is 4.38. The van der Waals surface area contributed by atoms with E-state index in [9.17, 15) is 0 Å². The fraction of sp³-hybridized carbons (Fsp3) is 0.308. The maximum absolute atomic E-state index is 6.10. The molecule has 0 spiro atoms. The van der Waals surface area contributed by atoms with Crippen LogP contribution in [0.1, 0.15) is 11.3 Å². The standard InChI is InChI=1S/C13H15ClN2O2/c1-8-5-12(17-2)11(14)6-10(8)13-16-9(3-4-15)7-18-13/h5-7H,3-4,15H2,1-2H3. The predicted molar refractivity (Wildman–Crippen MR) is 71.0 cm³/mol. The van der Waals surface area contributed by atoms with Gasteiger partial charge < -0.3 is 14.9 Å². The molecular formula is C13H15ClN2O2. The topological polar surface area (TPSA) is 61.3 Å². The molecule has 2 rings (SSSR count). The molecule has 0 aliphatic heterocycles. The Kier molecular flexibility index (Phi) is 3.89. The van der Waals surface area contributed by atoms with Crippen molar-refractivity contribution in [3.05, 3.63) is 34.7 Å². The SMILES string of the molecule is COc1cc(C)c(-c2nc(CCN)co2)cc1Cl. The Labute approximate surface area is 111 Å². The number of aromatic nitrogens is 1. The fourth-order valence-corrected chi connectivity index (χ4v) is 1.98. The summed E-state index contributed by atoms with van der Waals surface area (Å²) in [5, 5.41) is 0.539. The first-order valence-corrected chi connectivity index (χ1v) is 6.02. The Bertz CT molecular complexity index is 552. The molecule has 0 aliphatic rings. The molecule has 1 aromatic heterocycles. The molecule has 0 radical (unpaired) electrons. The van der Waals surface area contributed by atoms with Crippen LogP contribution in [0.25, 0.3) is 11.5 Å². The third kappa shape index (κ3) is 2.49. The van der Waals surface area contributed by atoms with E-state index in [2.05, 4.69) is 4.98 Å². The summed E-state index contributed by atoms with van der Waals surface area (Å²) in [6, 6.07) is 3.66. The number of benzene rings is 1. The highest BCUT2D eigenvalue weighted by Crippen LogP contribution is 2.33. The van der Waals surface area contributed by atoms with E-state index in [-0.39, 0.29) is 0 Å². The van der Waals surface area contributed by atoms with Gasteiger partial charge in [0.15, 0.2) is 0 Å². The van der Waals surface area contributed by atoms with E-state index in [1.807, 2.05) is 13.0 Å². The van der Waals surface area contributed by atoms with Gasteiger partial charge in [-0.2, -0.15) is 0 Å². The second kappa shape index (κ2) is 5.42. The Morgan fingerprint density at radius 2 is 2.22 bits per heavy atom. The minimum atomic E-state index is 0.539. The highest BCUT2D eigenvalue weighted by Gasteiger charge is 2.12. The summed E-state index contributed by atoms with van der Waals surface area (Å²) in [6.45, 7) is 2.51. The van der Waals surface area contributed by atoms with Crippen LogP contribution in [-0.4, -0.2) is 18.6 Å². The number of ether oxygens (including phenoxy) is 1. The lowest BCUT2D eigenvalue weighted by molar-refractivity contribution is 0.414. The van der Waals surface area contributed by atoms with Crippen LogP contribution in [0.15, 0.2) is 22.8 Å². The summed E-state index contributed by atoms with van der Waals surface area (Å²) >= 11 is 6.10. The lowest BCUT2D eigenvalue weighted by Crippen LogP contribution is -2.02. The van der Waals surface area contributed by atoms with Gasteiger partial charge >= 0.3 is 0 Å². The van der Waals surface area contributed by atoms with Crippen molar-refractivity contribution >= 4 is 11.6 Å². The van der Waals surface area contributed by atoms with Gasteiger partial charge in [0.25, 0.3) is 0 Å². The van der Waals surface area contributed by atoms with Crippen molar-refractivity contribution in [2.24, 2.45) is 5.73 Å². The minimum Gasteiger partial charge on any atom is -0.495 e. The summed E-state index contributed by atoms with van der Waals surface area (Å²) in [5.41, 5.74) is 8.19. The van der Waals surface area contributed by atoms with Crippen molar-refractivity contribution in [1.29, 1.82) is 0 Å². The molecule has 0 aliphatic carbocycles. The number of hydrogen-bond donors (Lipinski definition) is 1. The highest BCUT2D eigenvalue weighted by molar-refractivity contribution is 6.32. The molecule has 18 heavy (non-hydrogen) atoms. The molecule has 0 unspecified atom stereocenters. The molecule has 2 aromatic rings. The lowest BCUT2D eigenvalue weighted by Gasteiger charge is -2.07. The molecule has 0 saturated heterocycles. The predicted octanol–water partition coefficient (Wildman–Crippen LogP) is 2.81. The first kappa shape index (κ1) is 12.9. The normalized spacial score (nSPS) is 10.7. The molecule has 0 amide bonds. The molecule has 1 aromatic carbocycles. The third-order valence-electron chi connectivity index (χ3n) is 2.68. The van der Waals surface area contributed by atoms with Crippen LogP contribution in [0, 0.1) is 6.92 Å². The first-order valence-electron chi connectivity index (χ1n) is 5.64. The van der Waals surface area contributed by atoms with Crippen molar-refractivity contribution in [3.63, 3.8) is 0 Å². The van der Waals surface area contributed by atoms with Gasteiger partial charge in [0.05, 0.1) is 17.8 Å². The van der Waals surface area contributed by atoms with Crippen LogP contribution in [0.4, 0.5) is 0 Å². The van der Waals surface area contributed by atoms with Gasteiger partial charge in [0.2, 0.25) is 5.89 Å². The number of nitrogens with zero attached hydrogens (tertiary/aromatic N) is 1. The van der Waals surface area contributed by atoms with E-state index in [4.69, 9.17) is 26.5 Å². The van der Waals surface area contributed by atoms with Crippen molar-refractivity contribution in [1.82, 2.24) is 4.98 Å². The van der Waals surface area contributed by atoms with E-state index in [0.717, 1.165) is 16.8 Å². The Morgan fingerprint density at radius 1 is 1.44 bits per heavy atom.